The van der Waals surface area contributed by atoms with Crippen molar-refractivity contribution < 1.29 is 0 Å². The van der Waals surface area contributed by atoms with E-state index in [1.165, 1.54) is 25.7 Å². The molecule has 0 radical (unpaired) electrons. The fourth-order valence-electron chi connectivity index (χ4n) is 8.51. The van der Waals surface area contributed by atoms with Crippen LogP contribution in [0.4, 0.5) is 0 Å². The molecule has 0 N–H and O–H groups in total. The highest BCUT2D eigenvalue weighted by Crippen LogP contribution is 2.41. The average molecular weight is 796 g/mol. The molecule has 0 bridgehead atoms. The molecule has 0 atom stereocenters. The lowest BCUT2D eigenvalue weighted by Gasteiger charge is -2.14. The predicted octanol–water partition coefficient (Wildman–Crippen LogP) is 14.5. The third kappa shape index (κ3) is 6.12. The van der Waals surface area contributed by atoms with Gasteiger partial charge in [0.25, 0.3) is 0 Å². The second-order valence-electron chi connectivity index (χ2n) is 15.2. The first-order valence-corrected chi connectivity index (χ1v) is 21.1. The third-order valence-electron chi connectivity index (χ3n) is 11.5. The van der Waals surface area contributed by atoms with E-state index in [0.717, 1.165) is 77.3 Å². The van der Waals surface area contributed by atoms with Crippen molar-refractivity contribution in [3.63, 3.8) is 0 Å². The normalized spacial score (nSPS) is 11.6. The Balaban J connectivity index is 0.966. The first-order chi connectivity index (χ1) is 30.2. The van der Waals surface area contributed by atoms with Gasteiger partial charge in [0, 0.05) is 64.1 Å². The smallest absolute Gasteiger partial charge is 0.164 e. The SMILES string of the molecule is c1ccc(-c2ccc3ccc4c5ccccc5nc(-c5ccc(-c6nc(-c7ccccc7)nc(-c7ccc(-c8cccc9c8sc8ccccc89)cc7)n6)cc5)c4c3n2)cc1. The molecule has 0 aliphatic heterocycles. The van der Waals surface area contributed by atoms with Gasteiger partial charge in [0.1, 0.15) is 0 Å². The molecule has 0 unspecified atom stereocenters. The Morgan fingerprint density at radius 1 is 0.328 bits per heavy atom. The Hall–Kier alpha value is -7.93. The van der Waals surface area contributed by atoms with E-state index in [0.29, 0.717) is 17.5 Å². The van der Waals surface area contributed by atoms with Crippen molar-refractivity contribution in [2.45, 2.75) is 0 Å². The molecule has 0 saturated carbocycles. The van der Waals surface area contributed by atoms with Gasteiger partial charge in [-0.25, -0.2) is 24.9 Å². The van der Waals surface area contributed by atoms with Crippen LogP contribution in [0.25, 0.3) is 121 Å². The molecule has 5 nitrogen and oxygen atoms in total. The summed E-state index contributed by atoms with van der Waals surface area (Å²) in [4.78, 5) is 25.8. The van der Waals surface area contributed by atoms with Gasteiger partial charge in [-0.2, -0.15) is 0 Å². The highest BCUT2D eigenvalue weighted by molar-refractivity contribution is 7.26. The number of para-hydroxylation sites is 1. The maximum atomic E-state index is 5.31. The zero-order chi connectivity index (χ0) is 40.3. The van der Waals surface area contributed by atoms with Gasteiger partial charge >= 0.3 is 0 Å². The van der Waals surface area contributed by atoms with Crippen molar-refractivity contribution in [2.24, 2.45) is 0 Å². The van der Waals surface area contributed by atoms with Crippen LogP contribution in [0.5, 0.6) is 0 Å². The molecule has 61 heavy (non-hydrogen) atoms. The van der Waals surface area contributed by atoms with Crippen LogP contribution in [0, 0.1) is 0 Å². The topological polar surface area (TPSA) is 64.5 Å². The number of hydrogen-bond acceptors (Lipinski definition) is 6. The van der Waals surface area contributed by atoms with Gasteiger partial charge in [-0.3, -0.25) is 0 Å². The molecular weight excluding hydrogens is 763 g/mol. The lowest BCUT2D eigenvalue weighted by atomic mass is 9.96. The number of thiophene rings is 1. The lowest BCUT2D eigenvalue weighted by Crippen LogP contribution is -2.00. The van der Waals surface area contributed by atoms with Gasteiger partial charge in [-0.1, -0.05) is 182 Å². The summed E-state index contributed by atoms with van der Waals surface area (Å²) in [6.07, 6.45) is 0. The molecule has 0 amide bonds. The fraction of sp³-hybridized carbons (Fsp3) is 0. The molecule has 0 aliphatic carbocycles. The summed E-state index contributed by atoms with van der Waals surface area (Å²) in [6.45, 7) is 0. The highest BCUT2D eigenvalue weighted by atomic mass is 32.1. The lowest BCUT2D eigenvalue weighted by molar-refractivity contribution is 1.07. The summed E-state index contributed by atoms with van der Waals surface area (Å²) in [7, 11) is 0. The second kappa shape index (κ2) is 14.4. The zero-order valence-electron chi connectivity index (χ0n) is 32.7. The first kappa shape index (κ1) is 35.1. The summed E-state index contributed by atoms with van der Waals surface area (Å²) in [5.41, 5.74) is 10.9. The van der Waals surface area contributed by atoms with Crippen LogP contribution in [-0.2, 0) is 0 Å². The van der Waals surface area contributed by atoms with Crippen LogP contribution < -0.4 is 0 Å². The summed E-state index contributed by atoms with van der Waals surface area (Å²) in [5, 5.41) is 6.90. The minimum absolute atomic E-state index is 0.602. The molecule has 0 saturated heterocycles. The van der Waals surface area contributed by atoms with Crippen LogP contribution >= 0.6 is 11.3 Å². The van der Waals surface area contributed by atoms with E-state index in [2.05, 4.69) is 158 Å². The van der Waals surface area contributed by atoms with Crippen LogP contribution in [0.1, 0.15) is 0 Å². The number of aromatic nitrogens is 5. The zero-order valence-corrected chi connectivity index (χ0v) is 33.5. The Morgan fingerprint density at radius 3 is 1.61 bits per heavy atom. The Kier molecular flexibility index (Phi) is 8.28. The first-order valence-electron chi connectivity index (χ1n) is 20.3. The van der Waals surface area contributed by atoms with Crippen molar-refractivity contribution in [3.8, 4) is 67.8 Å². The largest absolute Gasteiger partial charge is 0.247 e. The maximum absolute atomic E-state index is 5.31. The molecule has 12 aromatic rings. The van der Waals surface area contributed by atoms with Crippen molar-refractivity contribution >= 4 is 64.1 Å². The Labute approximate surface area is 355 Å². The van der Waals surface area contributed by atoms with Gasteiger partial charge < -0.3 is 0 Å². The van der Waals surface area contributed by atoms with Gasteiger partial charge in [-0.15, -0.1) is 11.3 Å². The van der Waals surface area contributed by atoms with E-state index in [-0.39, 0.29) is 0 Å². The number of nitrogens with zero attached hydrogens (tertiary/aromatic N) is 5. The van der Waals surface area contributed by atoms with Gasteiger partial charge in [-0.05, 0) is 34.7 Å². The number of rotatable bonds is 6. The second-order valence-corrected chi connectivity index (χ2v) is 16.3. The van der Waals surface area contributed by atoms with E-state index in [9.17, 15) is 0 Å². The summed E-state index contributed by atoms with van der Waals surface area (Å²) >= 11 is 1.84. The minimum atomic E-state index is 0.602. The van der Waals surface area contributed by atoms with Crippen LogP contribution in [0.2, 0.25) is 0 Å². The Bertz CT molecular complexity index is 3620. The van der Waals surface area contributed by atoms with Crippen LogP contribution in [0.15, 0.2) is 200 Å². The van der Waals surface area contributed by atoms with E-state index >= 15 is 0 Å². The van der Waals surface area contributed by atoms with Crippen molar-refractivity contribution in [2.75, 3.05) is 0 Å². The van der Waals surface area contributed by atoms with Crippen molar-refractivity contribution in [1.29, 1.82) is 0 Å². The monoisotopic (exact) mass is 795 g/mol. The van der Waals surface area contributed by atoms with Crippen molar-refractivity contribution in [3.05, 3.63) is 200 Å². The molecule has 284 valence electrons. The van der Waals surface area contributed by atoms with E-state index in [4.69, 9.17) is 24.9 Å². The number of benzene rings is 8. The highest BCUT2D eigenvalue weighted by Gasteiger charge is 2.18. The van der Waals surface area contributed by atoms with Crippen LogP contribution in [-0.4, -0.2) is 24.9 Å². The molecule has 6 heteroatoms. The molecule has 0 aliphatic rings. The summed E-state index contributed by atoms with van der Waals surface area (Å²) in [6, 6.07) is 69.7. The van der Waals surface area contributed by atoms with E-state index in [1.807, 2.05) is 53.8 Å². The standard InChI is InChI=1S/C55H33N5S/c1-3-12-35(13-4-1)46-33-31-37-30-32-44-42-16-7-9-20-47(42)57-51(49(44)50(37)56-46)36-24-28-40(29-25-36)55-59-53(38-14-5-2-6-15-38)58-54(60-55)39-26-22-34(23-27-39)41-18-11-19-45-43-17-8-10-21-48(43)61-52(41)45/h1-33H. The van der Waals surface area contributed by atoms with Gasteiger partial charge in [0.2, 0.25) is 0 Å². The Morgan fingerprint density at radius 2 is 0.885 bits per heavy atom. The number of fused-ring (bicyclic) bond motifs is 8. The number of hydrogen-bond donors (Lipinski definition) is 0. The van der Waals surface area contributed by atoms with E-state index in [1.54, 1.807) is 0 Å². The molecule has 8 aromatic carbocycles. The quantitative estimate of drug-likeness (QED) is 0.157. The predicted molar refractivity (Wildman–Crippen MR) is 253 cm³/mol. The fourth-order valence-corrected chi connectivity index (χ4v) is 9.75. The molecule has 4 heterocycles. The average Bonchev–Trinajstić information content (AvgIpc) is 3.73. The minimum Gasteiger partial charge on any atom is -0.247 e. The molecular formula is C55H33N5S. The van der Waals surface area contributed by atoms with E-state index < -0.39 is 0 Å². The maximum Gasteiger partial charge on any atom is 0.164 e. The summed E-state index contributed by atoms with van der Waals surface area (Å²) in [5.74, 6) is 1.84. The van der Waals surface area contributed by atoms with Crippen molar-refractivity contribution in [1.82, 2.24) is 24.9 Å². The van der Waals surface area contributed by atoms with Crippen LogP contribution in [0.3, 0.4) is 0 Å². The number of pyridine rings is 2. The molecule has 0 fully saturated rings. The molecule has 4 aromatic heterocycles. The molecule has 0 spiro atoms. The summed E-state index contributed by atoms with van der Waals surface area (Å²) < 4.78 is 2.59. The van der Waals surface area contributed by atoms with Gasteiger partial charge in [0.05, 0.1) is 22.4 Å². The molecule has 12 rings (SSSR count). The third-order valence-corrected chi connectivity index (χ3v) is 12.8. The van der Waals surface area contributed by atoms with Gasteiger partial charge in [0.15, 0.2) is 17.5 Å².